The van der Waals surface area contributed by atoms with E-state index in [4.69, 9.17) is 11.6 Å². The predicted molar refractivity (Wildman–Crippen MR) is 74.8 cm³/mol. The number of rotatable bonds is 4. The van der Waals surface area contributed by atoms with Gasteiger partial charge in [0.25, 0.3) is 0 Å². The van der Waals surface area contributed by atoms with Gasteiger partial charge in [0.2, 0.25) is 0 Å². The molecule has 1 aromatic carbocycles. The molecular weight excluding hydrogens is 269 g/mol. The molecule has 4 heteroatoms. The number of thiophene rings is 1. The highest BCUT2D eigenvalue weighted by atomic mass is 35.5. The number of anilines is 1. The molecule has 0 bridgehead atoms. The summed E-state index contributed by atoms with van der Waals surface area (Å²) in [6.07, 6.45) is 2.45. The Kier molecular flexibility index (Phi) is 3.27. The topological polar surface area (TPSA) is 12.0 Å². The highest BCUT2D eigenvalue weighted by Gasteiger charge is 2.33. The Morgan fingerprint density at radius 3 is 2.83 bits per heavy atom. The lowest BCUT2D eigenvalue weighted by molar-refractivity contribution is 0.626. The molecule has 1 aliphatic carbocycles. The van der Waals surface area contributed by atoms with Gasteiger partial charge in [-0.3, -0.25) is 0 Å². The van der Waals surface area contributed by atoms with Crippen LogP contribution in [0.5, 0.6) is 0 Å². The van der Waals surface area contributed by atoms with E-state index in [1.165, 1.54) is 29.9 Å². The van der Waals surface area contributed by atoms with Crippen molar-refractivity contribution in [2.45, 2.75) is 18.9 Å². The molecule has 1 aromatic heterocycles. The third kappa shape index (κ3) is 2.52. The SMILES string of the molecule is Fc1ccc(Cl)c(NC(c2cccs2)C2CC2)c1. The van der Waals surface area contributed by atoms with Crippen molar-refractivity contribution in [2.24, 2.45) is 5.92 Å². The molecule has 0 amide bonds. The van der Waals surface area contributed by atoms with E-state index in [1.54, 1.807) is 17.4 Å². The summed E-state index contributed by atoms with van der Waals surface area (Å²) in [6, 6.07) is 8.86. The number of hydrogen-bond acceptors (Lipinski definition) is 2. The first kappa shape index (κ1) is 12.0. The van der Waals surface area contributed by atoms with E-state index in [2.05, 4.69) is 16.8 Å². The van der Waals surface area contributed by atoms with Crippen molar-refractivity contribution < 1.29 is 4.39 Å². The molecule has 1 nitrogen and oxygen atoms in total. The van der Waals surface area contributed by atoms with Crippen LogP contribution in [-0.4, -0.2) is 0 Å². The van der Waals surface area contributed by atoms with Gasteiger partial charge in [-0.2, -0.15) is 0 Å². The number of hydrogen-bond donors (Lipinski definition) is 1. The zero-order valence-corrected chi connectivity index (χ0v) is 11.3. The van der Waals surface area contributed by atoms with Gasteiger partial charge in [-0.1, -0.05) is 17.7 Å². The molecule has 1 unspecified atom stereocenters. The largest absolute Gasteiger partial charge is 0.376 e. The first-order valence-corrected chi connectivity index (χ1v) is 7.25. The van der Waals surface area contributed by atoms with Crippen molar-refractivity contribution >= 4 is 28.6 Å². The Bertz CT molecular complexity index is 537. The number of nitrogens with one attached hydrogen (secondary N) is 1. The van der Waals surface area contributed by atoms with Crippen LogP contribution in [0.3, 0.4) is 0 Å². The molecule has 3 rings (SSSR count). The van der Waals surface area contributed by atoms with E-state index in [9.17, 15) is 4.39 Å². The third-order valence-electron chi connectivity index (χ3n) is 3.18. The fraction of sp³-hybridized carbons (Fsp3) is 0.286. The lowest BCUT2D eigenvalue weighted by Gasteiger charge is -2.19. The van der Waals surface area contributed by atoms with Crippen LogP contribution in [0, 0.1) is 11.7 Å². The van der Waals surface area contributed by atoms with Gasteiger partial charge in [0.15, 0.2) is 0 Å². The van der Waals surface area contributed by atoms with Crippen molar-refractivity contribution in [3.63, 3.8) is 0 Å². The summed E-state index contributed by atoms with van der Waals surface area (Å²) in [6.45, 7) is 0. The van der Waals surface area contributed by atoms with E-state index in [-0.39, 0.29) is 11.9 Å². The van der Waals surface area contributed by atoms with Crippen LogP contribution in [0.2, 0.25) is 5.02 Å². The summed E-state index contributed by atoms with van der Waals surface area (Å²) in [7, 11) is 0. The fourth-order valence-corrected chi connectivity index (χ4v) is 3.14. The predicted octanol–water partition coefficient (Wildman–Crippen LogP) is 5.10. The molecule has 0 spiro atoms. The monoisotopic (exact) mass is 281 g/mol. The Morgan fingerprint density at radius 2 is 2.17 bits per heavy atom. The average molecular weight is 282 g/mol. The Morgan fingerprint density at radius 1 is 1.33 bits per heavy atom. The second-order valence-corrected chi connectivity index (χ2v) is 5.99. The van der Waals surface area contributed by atoms with Crippen molar-refractivity contribution in [1.82, 2.24) is 0 Å². The van der Waals surface area contributed by atoms with Crippen LogP contribution < -0.4 is 5.32 Å². The average Bonchev–Trinajstić information content (AvgIpc) is 3.05. The molecule has 1 aliphatic rings. The molecule has 1 saturated carbocycles. The van der Waals surface area contributed by atoms with Crippen molar-refractivity contribution in [2.75, 3.05) is 5.32 Å². The van der Waals surface area contributed by atoms with Crippen LogP contribution >= 0.6 is 22.9 Å². The van der Waals surface area contributed by atoms with E-state index in [0.29, 0.717) is 16.6 Å². The molecule has 1 fully saturated rings. The van der Waals surface area contributed by atoms with Gasteiger partial charge >= 0.3 is 0 Å². The summed E-state index contributed by atoms with van der Waals surface area (Å²) in [5, 5.41) is 6.03. The van der Waals surface area contributed by atoms with Gasteiger partial charge in [-0.15, -0.1) is 11.3 Å². The molecule has 1 N–H and O–H groups in total. The lowest BCUT2D eigenvalue weighted by Crippen LogP contribution is -2.11. The Hall–Kier alpha value is -1.06. The maximum atomic E-state index is 13.3. The van der Waals surface area contributed by atoms with E-state index >= 15 is 0 Å². The molecule has 1 atom stereocenters. The minimum absolute atomic E-state index is 0.254. The van der Waals surface area contributed by atoms with Gasteiger partial charge in [-0.05, 0) is 48.4 Å². The molecule has 94 valence electrons. The molecule has 0 saturated heterocycles. The Labute approximate surface area is 115 Å². The summed E-state index contributed by atoms with van der Waals surface area (Å²) in [5.74, 6) is 0.380. The van der Waals surface area contributed by atoms with Gasteiger partial charge in [0.1, 0.15) is 5.82 Å². The van der Waals surface area contributed by atoms with Crippen molar-refractivity contribution in [1.29, 1.82) is 0 Å². The first-order valence-electron chi connectivity index (χ1n) is 5.99. The molecule has 2 aromatic rings. The first-order chi connectivity index (χ1) is 8.74. The summed E-state index contributed by atoms with van der Waals surface area (Å²) in [4.78, 5) is 1.29. The van der Waals surface area contributed by atoms with Crippen LogP contribution in [0.15, 0.2) is 35.7 Å². The molecular formula is C14H13ClFNS. The minimum atomic E-state index is -0.261. The second-order valence-electron chi connectivity index (χ2n) is 4.60. The fourth-order valence-electron chi connectivity index (χ4n) is 2.09. The normalized spacial score (nSPS) is 16.6. The van der Waals surface area contributed by atoms with Crippen molar-refractivity contribution in [3.05, 3.63) is 51.4 Å². The van der Waals surface area contributed by atoms with Gasteiger partial charge in [0.05, 0.1) is 16.8 Å². The molecule has 1 heterocycles. The number of halogens is 2. The van der Waals surface area contributed by atoms with Crippen LogP contribution in [0.25, 0.3) is 0 Å². The maximum absolute atomic E-state index is 13.3. The smallest absolute Gasteiger partial charge is 0.125 e. The lowest BCUT2D eigenvalue weighted by atomic mass is 10.1. The molecule has 0 aliphatic heterocycles. The van der Waals surface area contributed by atoms with Gasteiger partial charge < -0.3 is 5.32 Å². The second kappa shape index (κ2) is 4.90. The van der Waals surface area contributed by atoms with E-state index in [1.807, 2.05) is 6.07 Å². The Balaban J connectivity index is 1.86. The number of benzene rings is 1. The highest BCUT2D eigenvalue weighted by Crippen LogP contribution is 2.44. The van der Waals surface area contributed by atoms with E-state index < -0.39 is 0 Å². The zero-order chi connectivity index (χ0) is 12.5. The van der Waals surface area contributed by atoms with Crippen LogP contribution in [-0.2, 0) is 0 Å². The highest BCUT2D eigenvalue weighted by molar-refractivity contribution is 7.10. The molecule has 0 radical (unpaired) electrons. The van der Waals surface area contributed by atoms with Crippen LogP contribution in [0.4, 0.5) is 10.1 Å². The van der Waals surface area contributed by atoms with Crippen LogP contribution in [0.1, 0.15) is 23.8 Å². The minimum Gasteiger partial charge on any atom is -0.376 e. The van der Waals surface area contributed by atoms with E-state index in [0.717, 1.165) is 0 Å². The third-order valence-corrected chi connectivity index (χ3v) is 4.47. The standard InChI is InChI=1S/C14H13ClFNS/c15-11-6-5-10(16)8-12(11)17-14(9-3-4-9)13-2-1-7-18-13/h1-2,5-9,14,17H,3-4H2. The molecule has 18 heavy (non-hydrogen) atoms. The van der Waals surface area contributed by atoms with Crippen molar-refractivity contribution in [3.8, 4) is 0 Å². The van der Waals surface area contributed by atoms with Gasteiger partial charge in [0, 0.05) is 4.88 Å². The summed E-state index contributed by atoms with van der Waals surface area (Å²) < 4.78 is 13.3. The van der Waals surface area contributed by atoms with Gasteiger partial charge in [-0.25, -0.2) is 4.39 Å². The summed E-state index contributed by atoms with van der Waals surface area (Å²) in [5.41, 5.74) is 0.682. The maximum Gasteiger partial charge on any atom is 0.125 e. The summed E-state index contributed by atoms with van der Waals surface area (Å²) >= 11 is 7.83. The quantitative estimate of drug-likeness (QED) is 0.822. The zero-order valence-electron chi connectivity index (χ0n) is 9.70.